The zero-order valence-corrected chi connectivity index (χ0v) is 25.0. The minimum absolute atomic E-state index is 0.0605. The molecule has 1 N–H and O–H groups in total. The van der Waals surface area contributed by atoms with Crippen molar-refractivity contribution < 1.29 is 9.53 Å². The number of nitrogens with zero attached hydrogens (tertiary/aromatic N) is 3. The lowest BCUT2D eigenvalue weighted by atomic mass is 9.80. The summed E-state index contributed by atoms with van der Waals surface area (Å²) in [6.45, 7) is 10.3. The van der Waals surface area contributed by atoms with E-state index in [0.717, 1.165) is 82.0 Å². The average molecular weight is 559 g/mol. The number of hydrogen-bond acceptors (Lipinski definition) is 6. The lowest BCUT2D eigenvalue weighted by Gasteiger charge is -2.44. The molecule has 2 fully saturated rings. The highest BCUT2D eigenvalue weighted by Gasteiger charge is 2.37. The molecule has 3 aromatic rings. The standard InChI is InChI=1S/C33H42N4O2S/c1-23-25(8-4-10-27(23)32-34-28-22-36(3)18-13-30(28)40-32)26-9-5-11-29(24(26)2)39-21-7-17-37-19-15-33(16-20-37)14-6-12-31(38)35-33/h4-5,8-11H,6-7,12-22H2,1-3H3,(H,35,38). The molecule has 2 saturated heterocycles. The monoisotopic (exact) mass is 558 g/mol. The van der Waals surface area contributed by atoms with E-state index < -0.39 is 0 Å². The van der Waals surface area contributed by atoms with Crippen LogP contribution in [0.25, 0.3) is 21.7 Å². The van der Waals surface area contributed by atoms with Crippen molar-refractivity contribution in [3.05, 3.63) is 58.1 Å². The normalized spacial score (nSPS) is 19.4. The second-order valence-corrected chi connectivity index (χ2v) is 13.1. The Labute approximate surface area is 242 Å². The number of likely N-dealkylation sites (N-methyl/N-ethyl adjacent to an activating group) is 1. The number of piperidine rings is 2. The number of ether oxygens (including phenoxy) is 1. The number of nitrogens with one attached hydrogen (secondary N) is 1. The third-order valence-electron chi connectivity index (χ3n) is 9.21. The lowest BCUT2D eigenvalue weighted by molar-refractivity contribution is -0.126. The molecule has 0 radical (unpaired) electrons. The van der Waals surface area contributed by atoms with Gasteiger partial charge in [0.1, 0.15) is 10.8 Å². The molecule has 3 aliphatic heterocycles. The second-order valence-electron chi connectivity index (χ2n) is 12.0. The van der Waals surface area contributed by atoms with Gasteiger partial charge >= 0.3 is 0 Å². The van der Waals surface area contributed by atoms with Gasteiger partial charge in [-0.15, -0.1) is 11.3 Å². The highest BCUT2D eigenvalue weighted by atomic mass is 32.1. The number of benzene rings is 2. The highest BCUT2D eigenvalue weighted by Crippen LogP contribution is 2.39. The zero-order chi connectivity index (χ0) is 27.7. The smallest absolute Gasteiger partial charge is 0.220 e. The Bertz CT molecular complexity index is 1370. The Kier molecular flexibility index (Phi) is 7.98. The summed E-state index contributed by atoms with van der Waals surface area (Å²) in [6, 6.07) is 13.0. The maximum atomic E-state index is 11.9. The summed E-state index contributed by atoms with van der Waals surface area (Å²) in [6.07, 6.45) is 7.10. The molecule has 0 saturated carbocycles. The van der Waals surface area contributed by atoms with Gasteiger partial charge in [0.2, 0.25) is 5.91 Å². The highest BCUT2D eigenvalue weighted by molar-refractivity contribution is 7.15. The van der Waals surface area contributed by atoms with Crippen LogP contribution in [0.3, 0.4) is 0 Å². The van der Waals surface area contributed by atoms with Crippen molar-refractivity contribution in [2.24, 2.45) is 0 Å². The molecule has 1 aromatic heterocycles. The summed E-state index contributed by atoms with van der Waals surface area (Å²) >= 11 is 1.86. The van der Waals surface area contributed by atoms with Gasteiger partial charge in [0.25, 0.3) is 0 Å². The van der Waals surface area contributed by atoms with Gasteiger partial charge < -0.3 is 19.9 Å². The van der Waals surface area contributed by atoms with Crippen molar-refractivity contribution in [1.29, 1.82) is 0 Å². The van der Waals surface area contributed by atoms with Crippen LogP contribution in [-0.4, -0.2) is 66.1 Å². The first kappa shape index (κ1) is 27.4. The number of carbonyl (C=O) groups is 1. The molecule has 7 heteroatoms. The van der Waals surface area contributed by atoms with Gasteiger partial charge in [-0.1, -0.05) is 30.3 Å². The molecule has 212 valence electrons. The fraction of sp³-hybridized carbons (Fsp3) is 0.515. The number of fused-ring (bicyclic) bond motifs is 1. The van der Waals surface area contributed by atoms with Crippen molar-refractivity contribution in [3.8, 4) is 27.4 Å². The summed E-state index contributed by atoms with van der Waals surface area (Å²) in [5.41, 5.74) is 7.49. The summed E-state index contributed by atoms with van der Waals surface area (Å²) in [5, 5.41) is 4.44. The van der Waals surface area contributed by atoms with Crippen molar-refractivity contribution in [2.45, 2.75) is 70.9 Å². The number of amides is 1. The van der Waals surface area contributed by atoms with Crippen LogP contribution in [0.4, 0.5) is 0 Å². The molecule has 6 nitrogen and oxygen atoms in total. The van der Waals surface area contributed by atoms with Crippen LogP contribution in [0.15, 0.2) is 36.4 Å². The van der Waals surface area contributed by atoms with Gasteiger partial charge in [-0.05, 0) is 87.7 Å². The fourth-order valence-corrected chi connectivity index (χ4v) is 7.87. The van der Waals surface area contributed by atoms with Crippen molar-refractivity contribution in [2.75, 3.05) is 39.8 Å². The molecule has 0 aliphatic carbocycles. The van der Waals surface area contributed by atoms with Crippen LogP contribution in [0, 0.1) is 13.8 Å². The molecule has 1 spiro atoms. The number of likely N-dealkylation sites (tertiary alicyclic amines) is 1. The Balaban J connectivity index is 1.08. The summed E-state index contributed by atoms with van der Waals surface area (Å²) in [5.74, 6) is 1.21. The van der Waals surface area contributed by atoms with Gasteiger partial charge in [0.05, 0.1) is 12.3 Å². The molecular formula is C33H42N4O2S. The molecule has 3 aliphatic rings. The van der Waals surface area contributed by atoms with Gasteiger partial charge in [-0.25, -0.2) is 4.98 Å². The van der Waals surface area contributed by atoms with E-state index in [-0.39, 0.29) is 11.4 Å². The number of aromatic nitrogens is 1. The van der Waals surface area contributed by atoms with Crippen molar-refractivity contribution in [3.63, 3.8) is 0 Å². The molecule has 1 amide bonds. The molecular weight excluding hydrogens is 516 g/mol. The van der Waals surface area contributed by atoms with Crippen LogP contribution in [0.5, 0.6) is 5.75 Å². The largest absolute Gasteiger partial charge is 0.493 e. The van der Waals surface area contributed by atoms with E-state index in [1.54, 1.807) is 0 Å². The van der Waals surface area contributed by atoms with Gasteiger partial charge in [0.15, 0.2) is 0 Å². The van der Waals surface area contributed by atoms with E-state index in [4.69, 9.17) is 9.72 Å². The summed E-state index contributed by atoms with van der Waals surface area (Å²) in [7, 11) is 2.17. The van der Waals surface area contributed by atoms with Crippen LogP contribution >= 0.6 is 11.3 Å². The Morgan fingerprint density at radius 1 is 0.975 bits per heavy atom. The average Bonchev–Trinajstić information content (AvgIpc) is 3.36. The van der Waals surface area contributed by atoms with Crippen molar-refractivity contribution in [1.82, 2.24) is 20.1 Å². The maximum absolute atomic E-state index is 11.9. The maximum Gasteiger partial charge on any atom is 0.220 e. The minimum Gasteiger partial charge on any atom is -0.493 e. The number of carbonyl (C=O) groups excluding carboxylic acids is 1. The van der Waals surface area contributed by atoms with E-state index in [1.165, 1.54) is 38.4 Å². The third-order valence-corrected chi connectivity index (χ3v) is 10.4. The molecule has 6 rings (SSSR count). The summed E-state index contributed by atoms with van der Waals surface area (Å²) < 4.78 is 6.34. The quantitative estimate of drug-likeness (QED) is 0.361. The van der Waals surface area contributed by atoms with E-state index in [2.05, 4.69) is 72.4 Å². The molecule has 0 bridgehead atoms. The second kappa shape index (κ2) is 11.6. The SMILES string of the molecule is Cc1c(OCCCN2CCC3(CCCC(=O)N3)CC2)cccc1-c1cccc(-c2nc3c(s2)CCN(C)C3)c1C. The first-order chi connectivity index (χ1) is 19.4. The van der Waals surface area contributed by atoms with Gasteiger partial charge in [-0.3, -0.25) is 4.79 Å². The van der Waals surface area contributed by atoms with E-state index in [1.807, 2.05) is 11.3 Å². The van der Waals surface area contributed by atoms with Crippen LogP contribution in [-0.2, 0) is 17.8 Å². The number of hydrogen-bond donors (Lipinski definition) is 1. The zero-order valence-electron chi connectivity index (χ0n) is 24.2. The Hall–Kier alpha value is -2.74. The predicted molar refractivity (Wildman–Crippen MR) is 163 cm³/mol. The lowest BCUT2D eigenvalue weighted by Crippen LogP contribution is -2.57. The van der Waals surface area contributed by atoms with Crippen LogP contribution < -0.4 is 10.1 Å². The molecule has 0 unspecified atom stereocenters. The molecule has 0 atom stereocenters. The Morgan fingerprint density at radius 3 is 2.52 bits per heavy atom. The van der Waals surface area contributed by atoms with Crippen LogP contribution in [0.2, 0.25) is 0 Å². The molecule has 40 heavy (non-hydrogen) atoms. The van der Waals surface area contributed by atoms with Crippen molar-refractivity contribution >= 4 is 17.2 Å². The fourth-order valence-electron chi connectivity index (χ4n) is 6.72. The predicted octanol–water partition coefficient (Wildman–Crippen LogP) is 5.99. The topological polar surface area (TPSA) is 57.7 Å². The first-order valence-electron chi connectivity index (χ1n) is 14.9. The van der Waals surface area contributed by atoms with Gasteiger partial charge in [-0.2, -0.15) is 0 Å². The first-order valence-corrected chi connectivity index (χ1v) is 15.8. The molecule has 2 aromatic carbocycles. The van der Waals surface area contributed by atoms with E-state index in [9.17, 15) is 4.79 Å². The number of thiazole rings is 1. The molecule has 4 heterocycles. The minimum atomic E-state index is 0.0605. The number of rotatable bonds is 7. The Morgan fingerprint density at radius 2 is 1.73 bits per heavy atom. The van der Waals surface area contributed by atoms with E-state index >= 15 is 0 Å². The van der Waals surface area contributed by atoms with E-state index in [0.29, 0.717) is 13.0 Å². The van der Waals surface area contributed by atoms with Crippen LogP contribution in [0.1, 0.15) is 60.2 Å². The third kappa shape index (κ3) is 5.69. The van der Waals surface area contributed by atoms with Gasteiger partial charge in [0, 0.05) is 55.1 Å². The summed E-state index contributed by atoms with van der Waals surface area (Å²) in [4.78, 5) is 23.3.